The van der Waals surface area contributed by atoms with E-state index in [1.165, 1.54) is 11.7 Å². The van der Waals surface area contributed by atoms with Gasteiger partial charge in [-0.1, -0.05) is 26.0 Å². The Hall–Kier alpha value is -3.16. The summed E-state index contributed by atoms with van der Waals surface area (Å²) in [6.07, 6.45) is 1.44. The Morgan fingerprint density at radius 2 is 1.64 bits per heavy atom. The summed E-state index contributed by atoms with van der Waals surface area (Å²) < 4.78 is 9.28. The smallest absolute Gasteiger partial charge is 0.337 e. The van der Waals surface area contributed by atoms with E-state index in [1.807, 2.05) is 13.8 Å². The van der Waals surface area contributed by atoms with Gasteiger partial charge in [0.2, 0.25) is 0 Å². The zero-order valence-electron chi connectivity index (χ0n) is 16.6. The fourth-order valence-electron chi connectivity index (χ4n) is 3.34. The highest BCUT2D eigenvalue weighted by molar-refractivity contribution is 5.90. The minimum absolute atomic E-state index is 0.327. The van der Waals surface area contributed by atoms with Crippen LogP contribution in [0.25, 0.3) is 22.6 Å². The minimum atomic E-state index is -0.421. The van der Waals surface area contributed by atoms with Crippen LogP contribution in [-0.4, -0.2) is 31.8 Å². The number of ether oxygens (including phenoxy) is 1. The lowest BCUT2D eigenvalue weighted by atomic mass is 10.1. The maximum Gasteiger partial charge on any atom is 0.337 e. The molecule has 0 aliphatic heterocycles. The first-order valence-electron chi connectivity index (χ1n) is 9.33. The number of esters is 1. The molecule has 0 aliphatic carbocycles. The molecule has 2 aromatic heterocycles. The van der Waals surface area contributed by atoms with Crippen molar-refractivity contribution in [1.29, 1.82) is 0 Å². The van der Waals surface area contributed by atoms with E-state index in [1.54, 1.807) is 40.4 Å². The number of rotatable bonds is 6. The molecule has 0 saturated carbocycles. The number of carbonyl (C=O) groups excluding carboxylic acids is 1. The summed E-state index contributed by atoms with van der Waals surface area (Å²) in [5.41, 5.74) is 1.29. The van der Waals surface area contributed by atoms with Crippen LogP contribution in [0.4, 0.5) is 0 Å². The van der Waals surface area contributed by atoms with Crippen LogP contribution < -0.4 is 11.2 Å². The number of aryl methyl sites for hydroxylation is 2. The maximum atomic E-state index is 13.0. The van der Waals surface area contributed by atoms with Crippen molar-refractivity contribution in [1.82, 2.24) is 18.7 Å². The Morgan fingerprint density at radius 3 is 2.21 bits per heavy atom. The predicted molar refractivity (Wildman–Crippen MR) is 107 cm³/mol. The number of hydrogen-bond donors (Lipinski definition) is 0. The van der Waals surface area contributed by atoms with Gasteiger partial charge in [-0.05, 0) is 25.0 Å². The Bertz CT molecular complexity index is 1140. The van der Waals surface area contributed by atoms with Crippen molar-refractivity contribution >= 4 is 17.1 Å². The number of aromatic nitrogens is 4. The van der Waals surface area contributed by atoms with Crippen molar-refractivity contribution in [3.8, 4) is 11.4 Å². The number of hydrogen-bond acceptors (Lipinski definition) is 5. The second kappa shape index (κ2) is 7.84. The monoisotopic (exact) mass is 384 g/mol. The number of fused-ring (bicyclic) bond motifs is 1. The standard InChI is InChI=1S/C20H24N4O4/c1-5-11-23-17-15(18(25)24(12-6-2)20(23)27)22(3)16(21-17)13-7-9-14(10-8-13)19(26)28-4/h7-10H,5-6,11-12H2,1-4H3. The Kier molecular flexibility index (Phi) is 5.48. The summed E-state index contributed by atoms with van der Waals surface area (Å²) >= 11 is 0. The van der Waals surface area contributed by atoms with Gasteiger partial charge in [-0.15, -0.1) is 0 Å². The molecule has 0 spiro atoms. The summed E-state index contributed by atoms with van der Waals surface area (Å²) in [6.45, 7) is 4.75. The van der Waals surface area contributed by atoms with Gasteiger partial charge in [0.15, 0.2) is 11.2 Å². The van der Waals surface area contributed by atoms with Gasteiger partial charge >= 0.3 is 11.7 Å². The molecule has 0 unspecified atom stereocenters. The lowest BCUT2D eigenvalue weighted by Gasteiger charge is -2.10. The molecule has 2 heterocycles. The minimum Gasteiger partial charge on any atom is -0.465 e. The Balaban J connectivity index is 2.26. The van der Waals surface area contributed by atoms with E-state index in [9.17, 15) is 14.4 Å². The molecule has 148 valence electrons. The third-order valence-corrected chi connectivity index (χ3v) is 4.70. The molecule has 0 fully saturated rings. The van der Waals surface area contributed by atoms with Gasteiger partial charge in [0.25, 0.3) is 5.56 Å². The molecule has 0 aliphatic rings. The SMILES string of the molecule is CCCn1c(=O)c2c(nc(-c3ccc(C(=O)OC)cc3)n2C)n(CCC)c1=O. The molecule has 0 amide bonds. The molecular weight excluding hydrogens is 360 g/mol. The van der Waals surface area contributed by atoms with Crippen LogP contribution >= 0.6 is 0 Å². The van der Waals surface area contributed by atoms with Crippen LogP contribution in [0.3, 0.4) is 0 Å². The first-order valence-corrected chi connectivity index (χ1v) is 9.33. The van der Waals surface area contributed by atoms with Crippen molar-refractivity contribution in [2.45, 2.75) is 39.8 Å². The molecule has 0 radical (unpaired) electrons. The van der Waals surface area contributed by atoms with Gasteiger partial charge in [-0.25, -0.2) is 14.6 Å². The molecule has 0 bridgehead atoms. The van der Waals surface area contributed by atoms with Gasteiger partial charge < -0.3 is 9.30 Å². The number of methoxy groups -OCH3 is 1. The zero-order chi connectivity index (χ0) is 20.4. The molecule has 0 N–H and O–H groups in total. The highest BCUT2D eigenvalue weighted by Crippen LogP contribution is 2.22. The van der Waals surface area contributed by atoms with Crippen molar-refractivity contribution in [3.63, 3.8) is 0 Å². The van der Waals surface area contributed by atoms with Crippen molar-refractivity contribution in [3.05, 3.63) is 50.7 Å². The number of nitrogens with zero attached hydrogens (tertiary/aromatic N) is 4. The van der Waals surface area contributed by atoms with E-state index < -0.39 is 5.97 Å². The lowest BCUT2D eigenvalue weighted by Crippen LogP contribution is -2.40. The molecule has 28 heavy (non-hydrogen) atoms. The second-order valence-electron chi connectivity index (χ2n) is 6.63. The largest absolute Gasteiger partial charge is 0.465 e. The second-order valence-corrected chi connectivity index (χ2v) is 6.63. The lowest BCUT2D eigenvalue weighted by molar-refractivity contribution is 0.0601. The van der Waals surface area contributed by atoms with E-state index in [0.29, 0.717) is 42.1 Å². The summed E-state index contributed by atoms with van der Waals surface area (Å²) in [5, 5.41) is 0. The van der Waals surface area contributed by atoms with Crippen molar-refractivity contribution in [2.24, 2.45) is 7.05 Å². The van der Waals surface area contributed by atoms with Crippen LogP contribution in [0.1, 0.15) is 37.0 Å². The molecular formula is C20H24N4O4. The molecule has 3 rings (SSSR count). The van der Waals surface area contributed by atoms with Gasteiger partial charge in [0.05, 0.1) is 12.7 Å². The zero-order valence-corrected chi connectivity index (χ0v) is 16.6. The van der Waals surface area contributed by atoms with Gasteiger partial charge in [-0.3, -0.25) is 13.9 Å². The van der Waals surface area contributed by atoms with E-state index in [2.05, 4.69) is 4.98 Å². The highest BCUT2D eigenvalue weighted by atomic mass is 16.5. The van der Waals surface area contributed by atoms with E-state index in [4.69, 9.17) is 4.74 Å². The van der Waals surface area contributed by atoms with Crippen LogP contribution in [-0.2, 0) is 24.9 Å². The topological polar surface area (TPSA) is 88.1 Å². The Morgan fingerprint density at radius 1 is 1.04 bits per heavy atom. The van der Waals surface area contributed by atoms with Gasteiger partial charge in [-0.2, -0.15) is 0 Å². The van der Waals surface area contributed by atoms with Crippen LogP contribution in [0.15, 0.2) is 33.9 Å². The Labute approximate surface area is 162 Å². The van der Waals surface area contributed by atoms with Crippen LogP contribution in [0.5, 0.6) is 0 Å². The van der Waals surface area contributed by atoms with Crippen LogP contribution in [0, 0.1) is 0 Å². The third kappa shape index (κ3) is 3.15. The normalized spacial score (nSPS) is 11.1. The highest BCUT2D eigenvalue weighted by Gasteiger charge is 2.20. The average molecular weight is 384 g/mol. The summed E-state index contributed by atoms with van der Waals surface area (Å²) in [6, 6.07) is 6.80. The number of carbonyl (C=O) groups is 1. The van der Waals surface area contributed by atoms with E-state index in [0.717, 1.165) is 12.0 Å². The fraction of sp³-hybridized carbons (Fsp3) is 0.400. The molecule has 1 aromatic carbocycles. The van der Waals surface area contributed by atoms with Gasteiger partial charge in [0.1, 0.15) is 5.82 Å². The molecule has 3 aromatic rings. The number of benzene rings is 1. The van der Waals surface area contributed by atoms with Crippen LogP contribution in [0.2, 0.25) is 0 Å². The first kappa shape index (κ1) is 19.6. The van der Waals surface area contributed by atoms with Crippen molar-refractivity contribution < 1.29 is 9.53 Å². The van der Waals surface area contributed by atoms with E-state index >= 15 is 0 Å². The quantitative estimate of drug-likeness (QED) is 0.608. The average Bonchev–Trinajstić information content (AvgIpc) is 3.05. The molecule has 0 atom stereocenters. The number of imidazole rings is 1. The third-order valence-electron chi connectivity index (χ3n) is 4.70. The van der Waals surface area contributed by atoms with Crippen molar-refractivity contribution in [2.75, 3.05) is 7.11 Å². The summed E-state index contributed by atoms with van der Waals surface area (Å²) in [4.78, 5) is 42.0. The molecule has 0 saturated heterocycles. The fourth-order valence-corrected chi connectivity index (χ4v) is 3.34. The van der Waals surface area contributed by atoms with E-state index in [-0.39, 0.29) is 11.2 Å². The predicted octanol–water partition coefficient (Wildman–Crippen LogP) is 2.17. The summed E-state index contributed by atoms with van der Waals surface area (Å²) in [7, 11) is 3.09. The molecule has 8 heteroatoms. The summed E-state index contributed by atoms with van der Waals surface area (Å²) in [5.74, 6) is 0.137. The molecule has 8 nitrogen and oxygen atoms in total. The first-order chi connectivity index (χ1) is 13.4. The maximum absolute atomic E-state index is 13.0. The van der Waals surface area contributed by atoms with Gasteiger partial charge in [0, 0.05) is 25.7 Å².